The molecular formula is C95H132FN13O24. The lowest BCUT2D eigenvalue weighted by atomic mass is 9.57. The number of aromatic nitrogens is 5. The van der Waals surface area contributed by atoms with Gasteiger partial charge in [-0.05, 0) is 123 Å². The monoisotopic (exact) mass is 1860 g/mol. The minimum absolute atomic E-state index is 0.0155. The van der Waals surface area contributed by atoms with Gasteiger partial charge in [-0.1, -0.05) is 68.4 Å². The van der Waals surface area contributed by atoms with Crippen LogP contribution < -0.4 is 42.8 Å². The van der Waals surface area contributed by atoms with Gasteiger partial charge >= 0.3 is 5.97 Å². The first-order valence-electron chi connectivity index (χ1n) is 46.7. The van der Waals surface area contributed by atoms with E-state index in [2.05, 4.69) is 36.9 Å². The molecule has 7 heterocycles. The third-order valence-corrected chi connectivity index (χ3v) is 25.1. The van der Waals surface area contributed by atoms with Crippen molar-refractivity contribution >= 4 is 63.9 Å². The molecule has 4 aliphatic heterocycles. The zero-order valence-corrected chi connectivity index (χ0v) is 77.3. The molecule has 728 valence electrons. The van der Waals surface area contributed by atoms with Gasteiger partial charge in [0.1, 0.15) is 30.2 Å². The van der Waals surface area contributed by atoms with Gasteiger partial charge in [0.05, 0.1) is 238 Å². The fraction of sp³-hybridized carbons (Fsp3) is 0.621. The van der Waals surface area contributed by atoms with Crippen molar-refractivity contribution in [2.75, 3.05) is 209 Å². The number of halogens is 1. The molecule has 7 amide bonds. The number of amides is 7. The van der Waals surface area contributed by atoms with Crippen molar-refractivity contribution in [3.8, 4) is 33.9 Å². The SMILES string of the molecule is CCC1(O)C(=O)OCc2c1cc1n(c2=O)Cc2c-1nc1cc(F)c(C)c3c1c2C(NC(=O)CNC(=O)C(CCCCN)NC(=O)C(NC(=O)CCOCCOCCOCCOCCOCCOCCOCCOCCOCCOCCOCCOCCOCCC(=O)N1CCC2(CC1)CC(C(=O)NCCC(=O)N1Cc4ccccc4-c4nnn(C)c4-c4ccccc41)C2)C(C)C)CC3. The molecule has 1 saturated carbocycles. The van der Waals surface area contributed by atoms with Crippen molar-refractivity contribution in [2.24, 2.45) is 30.0 Å². The molecule has 38 heteroatoms. The number of carbonyl (C=O) groups excluding carboxylic acids is 8. The summed E-state index contributed by atoms with van der Waals surface area (Å²) in [5, 5.41) is 35.3. The van der Waals surface area contributed by atoms with Gasteiger partial charge in [0.15, 0.2) is 5.60 Å². The Kier molecular flexibility index (Phi) is 39.8. The maximum Gasteiger partial charge on any atom is 0.343 e. The van der Waals surface area contributed by atoms with Gasteiger partial charge in [-0.2, -0.15) is 0 Å². The predicted molar refractivity (Wildman–Crippen MR) is 485 cm³/mol. The number of carbonyl (C=O) groups is 8. The molecule has 1 spiro atoms. The van der Waals surface area contributed by atoms with E-state index >= 15 is 4.39 Å². The molecule has 12 rings (SSSR count). The van der Waals surface area contributed by atoms with Gasteiger partial charge in [0.2, 0.25) is 41.4 Å². The van der Waals surface area contributed by atoms with E-state index in [4.69, 9.17) is 77.0 Å². The molecule has 6 aliphatic rings. The van der Waals surface area contributed by atoms with Crippen molar-refractivity contribution in [1.82, 2.24) is 56.0 Å². The summed E-state index contributed by atoms with van der Waals surface area (Å²) in [6, 6.07) is 15.9. The number of esters is 1. The highest BCUT2D eigenvalue weighted by Gasteiger charge is 2.50. The molecule has 0 bridgehead atoms. The number of anilines is 1. The summed E-state index contributed by atoms with van der Waals surface area (Å²) in [5.74, 6) is -4.02. The van der Waals surface area contributed by atoms with Crippen LogP contribution in [0.15, 0.2) is 65.5 Å². The van der Waals surface area contributed by atoms with Crippen LogP contribution in [0.3, 0.4) is 0 Å². The van der Waals surface area contributed by atoms with Crippen molar-refractivity contribution in [3.63, 3.8) is 0 Å². The quantitative estimate of drug-likeness (QED) is 0.0194. The highest BCUT2D eigenvalue weighted by Crippen LogP contribution is 2.53. The number of piperidine rings is 1. The number of nitrogens with one attached hydrogen (secondary N) is 5. The zero-order chi connectivity index (χ0) is 94.1. The van der Waals surface area contributed by atoms with E-state index in [-0.39, 0.29) is 111 Å². The lowest BCUT2D eigenvalue weighted by Gasteiger charge is -2.51. The van der Waals surface area contributed by atoms with Gasteiger partial charge in [-0.3, -0.25) is 38.4 Å². The summed E-state index contributed by atoms with van der Waals surface area (Å²) in [6.45, 7) is 18.2. The Morgan fingerprint density at radius 1 is 0.624 bits per heavy atom. The number of nitrogens with two attached hydrogens (primary N) is 1. The Bertz CT molecular complexity index is 4940. The minimum Gasteiger partial charge on any atom is -0.458 e. The predicted octanol–water partition coefficient (Wildman–Crippen LogP) is 5.03. The van der Waals surface area contributed by atoms with Crippen molar-refractivity contribution in [2.45, 2.75) is 155 Å². The van der Waals surface area contributed by atoms with E-state index < -0.39 is 71.2 Å². The third-order valence-electron chi connectivity index (χ3n) is 25.1. The molecule has 4 atom stereocenters. The molecule has 133 heavy (non-hydrogen) atoms. The fourth-order valence-electron chi connectivity index (χ4n) is 17.8. The number of nitrogens with zero attached hydrogens (tertiary/aromatic N) is 7. The normalized spacial score (nSPS) is 16.8. The van der Waals surface area contributed by atoms with Crippen LogP contribution in [-0.2, 0) is 143 Å². The average molecular weight is 1860 g/mol. The number of benzene rings is 3. The lowest BCUT2D eigenvalue weighted by Crippen LogP contribution is -2.56. The first-order valence-corrected chi connectivity index (χ1v) is 46.7. The van der Waals surface area contributed by atoms with Crippen LogP contribution in [0, 0.1) is 30.0 Å². The molecule has 1 saturated heterocycles. The van der Waals surface area contributed by atoms with E-state index in [0.717, 1.165) is 65.0 Å². The van der Waals surface area contributed by atoms with Crippen LogP contribution in [-0.4, -0.2) is 298 Å². The highest BCUT2D eigenvalue weighted by molar-refractivity contribution is 6.01. The van der Waals surface area contributed by atoms with E-state index in [1.165, 1.54) is 10.6 Å². The van der Waals surface area contributed by atoms with Crippen LogP contribution in [0.4, 0.5) is 10.1 Å². The van der Waals surface area contributed by atoms with E-state index in [0.29, 0.717) is 249 Å². The number of hydrogen-bond donors (Lipinski definition) is 7. The molecule has 3 aromatic carbocycles. The number of aliphatic hydroxyl groups is 1. The molecule has 6 aromatic rings. The molecule has 8 N–H and O–H groups in total. The van der Waals surface area contributed by atoms with Gasteiger partial charge in [-0.15, -0.1) is 5.10 Å². The molecule has 2 aliphatic carbocycles. The van der Waals surface area contributed by atoms with Crippen LogP contribution >= 0.6 is 0 Å². The number of cyclic esters (lactones) is 1. The Morgan fingerprint density at radius 2 is 1.17 bits per heavy atom. The topological polar surface area (TPSA) is 444 Å². The van der Waals surface area contributed by atoms with E-state index in [1.54, 1.807) is 43.3 Å². The fourth-order valence-corrected chi connectivity index (χ4v) is 17.8. The van der Waals surface area contributed by atoms with Gasteiger partial charge in [0.25, 0.3) is 5.56 Å². The summed E-state index contributed by atoms with van der Waals surface area (Å²) in [7, 11) is 1.86. The first-order chi connectivity index (χ1) is 64.6. The number of likely N-dealkylation sites (tertiary alicyclic amines) is 1. The number of fused-ring (bicyclic) bond motifs is 10. The number of para-hydroxylation sites is 1. The number of rotatable bonds is 59. The minimum atomic E-state index is -2.06. The first kappa shape index (κ1) is 102. The van der Waals surface area contributed by atoms with Crippen LogP contribution in [0.25, 0.3) is 44.8 Å². The van der Waals surface area contributed by atoms with Gasteiger partial charge in [-0.25, -0.2) is 18.9 Å². The second-order valence-corrected chi connectivity index (χ2v) is 34.4. The Hall–Kier alpha value is -9.75. The van der Waals surface area contributed by atoms with Crippen LogP contribution in [0.5, 0.6) is 0 Å². The zero-order valence-electron chi connectivity index (χ0n) is 77.3. The standard InChI is InChI=1S/C95H132FN13O24/c1-6-95(119)72-55-78-86-70(61-109(78)92(117)71(72)62-133-93(95)118)84-74(19-18-67-64(4)73(96)56-76(101-86)83(67)84)100-80(111)59-99-90(115)75(16-11-12-25-97)102-91(116)85(63(2)3)103-79(110)21-29-120-31-33-122-35-37-124-39-41-126-43-45-128-47-49-130-51-53-132-54-52-131-50-48-129-46-44-127-42-40-125-38-36-123-34-32-121-30-22-81(112)107-27-23-94(24-28-107)57-66(58-94)89(114)98-26-20-82(113)108-60-65-13-7-8-14-68(65)87-88(106(5)105-104-87)69-15-9-10-17-77(69)108/h7-10,13-15,17,55-56,63,66,74-75,85,119H,6,11-12,16,18-54,57-62,97H2,1-5H3,(H,98,114)(H,99,115)(H,100,111)(H,102,116)(H,103,110). The number of pyridine rings is 2. The smallest absolute Gasteiger partial charge is 0.343 e. The molecule has 37 nitrogen and oxygen atoms in total. The molecule has 3 aromatic heterocycles. The van der Waals surface area contributed by atoms with Gasteiger partial charge < -0.3 is 118 Å². The van der Waals surface area contributed by atoms with Gasteiger partial charge in [0, 0.05) is 79.1 Å². The average Bonchev–Trinajstić information content (AvgIpc) is 1.57. The molecule has 0 radical (unpaired) electrons. The maximum atomic E-state index is 15.6. The van der Waals surface area contributed by atoms with Crippen molar-refractivity contribution < 1.29 is 114 Å². The molecule has 4 unspecified atom stereocenters. The summed E-state index contributed by atoms with van der Waals surface area (Å²) in [4.78, 5) is 131. The summed E-state index contributed by atoms with van der Waals surface area (Å²) in [5.41, 5.74) is 12.2. The number of aryl methyl sites for hydroxylation is 2. The molecular weight excluding hydrogens is 1730 g/mol. The Labute approximate surface area is 774 Å². The summed E-state index contributed by atoms with van der Waals surface area (Å²) < 4.78 is 96.7. The van der Waals surface area contributed by atoms with Crippen molar-refractivity contribution in [3.05, 3.63) is 116 Å². The Balaban J connectivity index is 0.392. The molecule has 2 fully saturated rings. The largest absolute Gasteiger partial charge is 0.458 e. The highest BCUT2D eigenvalue weighted by atomic mass is 19.1. The van der Waals surface area contributed by atoms with Crippen LogP contribution in [0.2, 0.25) is 0 Å². The second kappa shape index (κ2) is 51.8. The van der Waals surface area contributed by atoms with E-state index in [1.807, 2.05) is 60.5 Å². The number of unbranched alkanes of at least 4 members (excludes halogenated alkanes) is 1. The summed E-state index contributed by atoms with van der Waals surface area (Å²) in [6.07, 6.45) is 5.66. The second-order valence-electron chi connectivity index (χ2n) is 34.4. The lowest BCUT2D eigenvalue weighted by molar-refractivity contribution is -0.172. The number of hydrogen-bond acceptors (Lipinski definition) is 28. The van der Waals surface area contributed by atoms with E-state index in [9.17, 15) is 48.3 Å². The van der Waals surface area contributed by atoms with Crippen molar-refractivity contribution in [1.29, 1.82) is 0 Å². The summed E-state index contributed by atoms with van der Waals surface area (Å²) >= 11 is 0. The van der Waals surface area contributed by atoms with Crippen LogP contribution in [0.1, 0.15) is 143 Å². The third kappa shape index (κ3) is 27.8. The number of ether oxygens (including phenoxy) is 14. The maximum absolute atomic E-state index is 15.6. The Morgan fingerprint density at radius 3 is 1.74 bits per heavy atom.